The highest BCUT2D eigenvalue weighted by molar-refractivity contribution is 5.81. The van der Waals surface area contributed by atoms with E-state index in [1.165, 1.54) is 5.56 Å². The largest absolute Gasteiger partial charge is 0.373 e. The zero-order valence-corrected chi connectivity index (χ0v) is 12.3. The molecule has 2 atom stereocenters. The van der Waals surface area contributed by atoms with Gasteiger partial charge >= 0.3 is 0 Å². The van der Waals surface area contributed by atoms with E-state index in [9.17, 15) is 5.11 Å². The van der Waals surface area contributed by atoms with Gasteiger partial charge in [-0.25, -0.2) is 0 Å². The number of H-pyrrole nitrogens is 1. The van der Waals surface area contributed by atoms with Gasteiger partial charge in [0.15, 0.2) is 0 Å². The van der Waals surface area contributed by atoms with Crippen molar-refractivity contribution in [3.63, 3.8) is 0 Å². The van der Waals surface area contributed by atoms with Crippen molar-refractivity contribution in [3.8, 4) is 0 Å². The number of aryl methyl sites for hydroxylation is 1. The fraction of sp³-hybridized carbons (Fsp3) is 0.222. The number of aliphatic hydroxyl groups is 1. The Morgan fingerprint density at radius 1 is 1.05 bits per heavy atom. The second-order valence-electron chi connectivity index (χ2n) is 5.52. The third-order valence-corrected chi connectivity index (χ3v) is 3.80. The molecule has 0 amide bonds. The first-order chi connectivity index (χ1) is 10.1. The van der Waals surface area contributed by atoms with Crippen LogP contribution in [0.3, 0.4) is 0 Å². The van der Waals surface area contributed by atoms with Crippen molar-refractivity contribution in [1.82, 2.24) is 10.3 Å². The first-order valence-corrected chi connectivity index (χ1v) is 7.22. The molecule has 3 rings (SSSR count). The Balaban J connectivity index is 1.79. The van der Waals surface area contributed by atoms with Crippen LogP contribution in [0.15, 0.2) is 54.6 Å². The first-order valence-electron chi connectivity index (χ1n) is 7.22. The van der Waals surface area contributed by atoms with Crippen molar-refractivity contribution < 1.29 is 5.11 Å². The number of aromatic amines is 1. The fourth-order valence-corrected chi connectivity index (χ4v) is 2.58. The lowest BCUT2D eigenvalue weighted by atomic mass is 10.1. The van der Waals surface area contributed by atoms with E-state index < -0.39 is 6.23 Å². The number of aromatic nitrogens is 1. The van der Waals surface area contributed by atoms with Gasteiger partial charge in [-0.05, 0) is 42.5 Å². The molecule has 3 N–H and O–H groups in total. The lowest BCUT2D eigenvalue weighted by Crippen LogP contribution is -2.24. The molecule has 21 heavy (non-hydrogen) atoms. The Morgan fingerprint density at radius 2 is 1.81 bits per heavy atom. The van der Waals surface area contributed by atoms with Crippen LogP contribution in [0.5, 0.6) is 0 Å². The highest BCUT2D eigenvalue weighted by Gasteiger charge is 2.14. The molecule has 0 spiro atoms. The van der Waals surface area contributed by atoms with Crippen molar-refractivity contribution in [1.29, 1.82) is 0 Å². The zero-order chi connectivity index (χ0) is 14.8. The number of nitrogens with one attached hydrogen (secondary N) is 2. The molecule has 3 aromatic rings. The van der Waals surface area contributed by atoms with E-state index in [0.29, 0.717) is 0 Å². The monoisotopic (exact) mass is 280 g/mol. The van der Waals surface area contributed by atoms with Crippen LogP contribution in [0.4, 0.5) is 0 Å². The highest BCUT2D eigenvalue weighted by Crippen LogP contribution is 2.22. The fourth-order valence-electron chi connectivity index (χ4n) is 2.58. The standard InChI is InChI=1S/C18H20N2O/c1-12-8-9-15-11-17(20-16(15)10-12)18(21)19-13(2)14-6-4-3-5-7-14/h3-11,13,18-21H,1-2H3. The molecule has 0 radical (unpaired) electrons. The maximum absolute atomic E-state index is 10.4. The van der Waals surface area contributed by atoms with Crippen LogP contribution in [0.1, 0.15) is 36.0 Å². The van der Waals surface area contributed by atoms with Gasteiger partial charge in [-0.15, -0.1) is 0 Å². The minimum Gasteiger partial charge on any atom is -0.373 e. The molecular formula is C18H20N2O. The van der Waals surface area contributed by atoms with Gasteiger partial charge in [0, 0.05) is 11.6 Å². The smallest absolute Gasteiger partial charge is 0.146 e. The van der Waals surface area contributed by atoms with E-state index >= 15 is 0 Å². The Labute approximate surface area is 124 Å². The Bertz CT molecular complexity index is 733. The maximum atomic E-state index is 10.4. The molecule has 1 aromatic heterocycles. The second kappa shape index (κ2) is 5.72. The predicted molar refractivity (Wildman–Crippen MR) is 86.0 cm³/mol. The van der Waals surface area contributed by atoms with Gasteiger partial charge in [0.2, 0.25) is 0 Å². The van der Waals surface area contributed by atoms with Crippen LogP contribution in [0, 0.1) is 6.92 Å². The summed E-state index contributed by atoms with van der Waals surface area (Å²) < 4.78 is 0. The van der Waals surface area contributed by atoms with Gasteiger partial charge in [0.05, 0.1) is 5.69 Å². The molecule has 0 aliphatic heterocycles. The molecule has 1 heterocycles. The summed E-state index contributed by atoms with van der Waals surface area (Å²) in [7, 11) is 0. The third-order valence-electron chi connectivity index (χ3n) is 3.80. The number of hydrogen-bond acceptors (Lipinski definition) is 2. The van der Waals surface area contributed by atoms with Crippen molar-refractivity contribution in [2.24, 2.45) is 0 Å². The van der Waals surface area contributed by atoms with Gasteiger partial charge in [-0.2, -0.15) is 0 Å². The van der Waals surface area contributed by atoms with Crippen molar-refractivity contribution in [2.75, 3.05) is 0 Å². The van der Waals surface area contributed by atoms with E-state index in [0.717, 1.165) is 22.2 Å². The van der Waals surface area contributed by atoms with Crippen LogP contribution < -0.4 is 5.32 Å². The van der Waals surface area contributed by atoms with Crippen LogP contribution >= 0.6 is 0 Å². The number of benzene rings is 2. The summed E-state index contributed by atoms with van der Waals surface area (Å²) in [5, 5.41) is 14.7. The Morgan fingerprint density at radius 3 is 2.57 bits per heavy atom. The van der Waals surface area contributed by atoms with E-state index in [1.807, 2.05) is 31.2 Å². The molecule has 108 valence electrons. The molecule has 0 aliphatic carbocycles. The van der Waals surface area contributed by atoms with Crippen LogP contribution in [-0.2, 0) is 0 Å². The van der Waals surface area contributed by atoms with Gasteiger partial charge in [-0.1, -0.05) is 42.5 Å². The lowest BCUT2D eigenvalue weighted by molar-refractivity contribution is 0.122. The van der Waals surface area contributed by atoms with E-state index in [1.54, 1.807) is 0 Å². The third kappa shape index (κ3) is 2.99. The zero-order valence-electron chi connectivity index (χ0n) is 12.3. The van der Waals surface area contributed by atoms with Gasteiger partial charge in [0.25, 0.3) is 0 Å². The van der Waals surface area contributed by atoms with Crippen LogP contribution in [0.2, 0.25) is 0 Å². The molecule has 2 aromatic carbocycles. The SMILES string of the molecule is Cc1ccc2cc(C(O)NC(C)c3ccccc3)[nH]c2c1. The molecular weight excluding hydrogens is 260 g/mol. The average molecular weight is 280 g/mol. The molecule has 0 fully saturated rings. The molecule has 2 unspecified atom stereocenters. The molecule has 3 nitrogen and oxygen atoms in total. The number of fused-ring (bicyclic) bond motifs is 1. The molecule has 3 heteroatoms. The highest BCUT2D eigenvalue weighted by atomic mass is 16.3. The summed E-state index contributed by atoms with van der Waals surface area (Å²) in [6.07, 6.45) is -0.715. The Hall–Kier alpha value is -2.10. The van der Waals surface area contributed by atoms with E-state index in [4.69, 9.17) is 0 Å². The molecule has 0 aliphatic rings. The Kier molecular flexibility index (Phi) is 3.78. The first kappa shape index (κ1) is 13.9. The summed E-state index contributed by atoms with van der Waals surface area (Å²) in [4.78, 5) is 3.28. The second-order valence-corrected chi connectivity index (χ2v) is 5.52. The van der Waals surface area contributed by atoms with Gasteiger partial charge in [0.1, 0.15) is 6.23 Å². The molecule has 0 saturated heterocycles. The summed E-state index contributed by atoms with van der Waals surface area (Å²) in [6, 6.07) is 18.4. The normalized spacial score (nSPS) is 14.2. The van der Waals surface area contributed by atoms with Crippen molar-refractivity contribution >= 4 is 10.9 Å². The summed E-state index contributed by atoms with van der Waals surface area (Å²) in [5.41, 5.74) is 4.20. The molecule has 0 saturated carbocycles. The average Bonchev–Trinajstić information content (AvgIpc) is 2.91. The van der Waals surface area contributed by atoms with Crippen LogP contribution in [0.25, 0.3) is 10.9 Å². The minimum atomic E-state index is -0.715. The van der Waals surface area contributed by atoms with E-state index in [-0.39, 0.29) is 6.04 Å². The maximum Gasteiger partial charge on any atom is 0.146 e. The number of rotatable bonds is 4. The van der Waals surface area contributed by atoms with Crippen LogP contribution in [-0.4, -0.2) is 10.1 Å². The van der Waals surface area contributed by atoms with Gasteiger partial charge < -0.3 is 10.1 Å². The lowest BCUT2D eigenvalue weighted by Gasteiger charge is -2.18. The quantitative estimate of drug-likeness (QED) is 0.636. The topological polar surface area (TPSA) is 48.0 Å². The molecule has 0 bridgehead atoms. The van der Waals surface area contributed by atoms with Crippen molar-refractivity contribution in [3.05, 3.63) is 71.4 Å². The number of hydrogen-bond donors (Lipinski definition) is 3. The van der Waals surface area contributed by atoms with Crippen molar-refractivity contribution in [2.45, 2.75) is 26.1 Å². The summed E-state index contributed by atoms with van der Waals surface area (Å²) >= 11 is 0. The number of aliphatic hydroxyl groups excluding tert-OH is 1. The predicted octanol–water partition coefficient (Wildman–Crippen LogP) is 3.82. The summed E-state index contributed by atoms with van der Waals surface area (Å²) in [6.45, 7) is 4.11. The minimum absolute atomic E-state index is 0.0781. The van der Waals surface area contributed by atoms with Gasteiger partial charge in [-0.3, -0.25) is 5.32 Å². The summed E-state index contributed by atoms with van der Waals surface area (Å²) in [5.74, 6) is 0. The van der Waals surface area contributed by atoms with E-state index in [2.05, 4.69) is 47.6 Å².